The van der Waals surface area contributed by atoms with Crippen LogP contribution in [0.4, 0.5) is 0 Å². The van der Waals surface area contributed by atoms with E-state index in [1.54, 1.807) is 12.1 Å². The molecule has 1 rings (SSSR count). The predicted octanol–water partition coefficient (Wildman–Crippen LogP) is 2.83. The van der Waals surface area contributed by atoms with Crippen LogP contribution in [0.25, 0.3) is 0 Å². The number of sulfone groups is 1. The first kappa shape index (κ1) is 16.2. The van der Waals surface area contributed by atoms with Gasteiger partial charge >= 0.3 is 0 Å². The highest BCUT2D eigenvalue weighted by Crippen LogP contribution is 2.25. The lowest BCUT2D eigenvalue weighted by Gasteiger charge is -2.28. The number of hydrogen-bond donors (Lipinski definition) is 1. The maximum Gasteiger partial charge on any atom is 0.175 e. The van der Waals surface area contributed by atoms with Gasteiger partial charge in [0.2, 0.25) is 0 Å². The van der Waals surface area contributed by atoms with Crippen LogP contribution in [-0.2, 0) is 9.84 Å². The molecule has 4 heteroatoms. The van der Waals surface area contributed by atoms with Gasteiger partial charge in [-0.2, -0.15) is 0 Å². The largest absolute Gasteiger partial charge is 0.313 e. The topological polar surface area (TPSA) is 46.2 Å². The summed E-state index contributed by atoms with van der Waals surface area (Å²) < 4.78 is 22.9. The van der Waals surface area contributed by atoms with Crippen molar-refractivity contribution in [2.75, 3.05) is 12.8 Å². The maximum absolute atomic E-state index is 11.4. The summed E-state index contributed by atoms with van der Waals surface area (Å²) in [5.74, 6) is 0.887. The van der Waals surface area contributed by atoms with E-state index in [0.29, 0.717) is 22.8 Å². The Balaban J connectivity index is 2.96. The van der Waals surface area contributed by atoms with Crippen molar-refractivity contribution in [1.82, 2.24) is 5.32 Å². The van der Waals surface area contributed by atoms with Crippen LogP contribution in [-0.4, -0.2) is 27.3 Å². The van der Waals surface area contributed by atoms with E-state index in [2.05, 4.69) is 33.0 Å². The molecule has 0 saturated heterocycles. The molecule has 0 aromatic heterocycles. The van der Waals surface area contributed by atoms with Crippen LogP contribution in [0.15, 0.2) is 29.2 Å². The molecule has 0 amide bonds. The molecule has 2 atom stereocenters. The molecule has 19 heavy (non-hydrogen) atoms. The third-order valence-corrected chi connectivity index (χ3v) is 4.66. The minimum atomic E-state index is -3.11. The summed E-state index contributed by atoms with van der Waals surface area (Å²) in [5.41, 5.74) is 1.17. The number of likely N-dealkylation sites (N-methyl/N-ethyl adjacent to an activating group) is 1. The number of rotatable bonds is 6. The monoisotopic (exact) mass is 283 g/mol. The van der Waals surface area contributed by atoms with Gasteiger partial charge in [-0.15, -0.1) is 0 Å². The van der Waals surface area contributed by atoms with E-state index in [0.717, 1.165) is 6.54 Å². The van der Waals surface area contributed by atoms with Crippen LogP contribution in [0.2, 0.25) is 0 Å². The van der Waals surface area contributed by atoms with Crippen LogP contribution in [0.1, 0.15) is 39.2 Å². The fourth-order valence-electron chi connectivity index (χ4n) is 2.45. The lowest BCUT2D eigenvalue weighted by molar-refractivity contribution is 0.360. The Bertz CT molecular complexity index is 491. The Labute approximate surface area is 117 Å². The maximum atomic E-state index is 11.4. The van der Waals surface area contributed by atoms with Crippen molar-refractivity contribution in [3.8, 4) is 0 Å². The molecule has 1 aromatic rings. The fraction of sp³-hybridized carbons (Fsp3) is 0.600. The number of benzene rings is 1. The fourth-order valence-corrected chi connectivity index (χ4v) is 3.08. The predicted molar refractivity (Wildman–Crippen MR) is 80.3 cm³/mol. The minimum absolute atomic E-state index is 0.355. The van der Waals surface area contributed by atoms with Crippen molar-refractivity contribution < 1.29 is 8.42 Å². The van der Waals surface area contributed by atoms with Crippen LogP contribution >= 0.6 is 0 Å². The lowest BCUT2D eigenvalue weighted by atomic mass is 9.86. The van der Waals surface area contributed by atoms with Crippen molar-refractivity contribution in [2.24, 2.45) is 5.92 Å². The normalized spacial score (nSPS) is 15.5. The first-order chi connectivity index (χ1) is 8.77. The van der Waals surface area contributed by atoms with Crippen molar-refractivity contribution in [2.45, 2.75) is 44.6 Å². The van der Waals surface area contributed by atoms with Gasteiger partial charge < -0.3 is 5.32 Å². The smallest absolute Gasteiger partial charge is 0.175 e. The Kier molecular flexibility index (Phi) is 5.56. The van der Waals surface area contributed by atoms with Gasteiger partial charge in [-0.3, -0.25) is 0 Å². The summed E-state index contributed by atoms with van der Waals surface area (Å²) in [7, 11) is -3.11. The Morgan fingerprint density at radius 2 is 1.63 bits per heavy atom. The molecule has 3 nitrogen and oxygen atoms in total. The third-order valence-electron chi connectivity index (χ3n) is 3.53. The Morgan fingerprint density at radius 1 is 1.11 bits per heavy atom. The summed E-state index contributed by atoms with van der Waals surface area (Å²) in [6.07, 6.45) is 1.24. The highest BCUT2D eigenvalue weighted by Gasteiger charge is 2.21. The molecule has 108 valence electrons. The van der Waals surface area contributed by atoms with Gasteiger partial charge in [-0.1, -0.05) is 39.8 Å². The van der Waals surface area contributed by atoms with E-state index in [4.69, 9.17) is 0 Å². The number of hydrogen-bond acceptors (Lipinski definition) is 3. The Hall–Kier alpha value is -0.870. The molecule has 0 heterocycles. The first-order valence-electron chi connectivity index (χ1n) is 6.80. The van der Waals surface area contributed by atoms with Gasteiger partial charge in [0.1, 0.15) is 0 Å². The van der Waals surface area contributed by atoms with Crippen molar-refractivity contribution in [3.05, 3.63) is 29.8 Å². The van der Waals surface area contributed by atoms with Gasteiger partial charge in [-0.05, 0) is 36.1 Å². The molecular weight excluding hydrogens is 258 g/mol. The summed E-state index contributed by atoms with van der Waals surface area (Å²) in [6, 6.07) is 7.64. The summed E-state index contributed by atoms with van der Waals surface area (Å²) in [5, 5.41) is 3.51. The molecule has 0 fully saturated rings. The molecular formula is C15H25NO2S. The zero-order valence-corrected chi connectivity index (χ0v) is 13.3. The van der Waals surface area contributed by atoms with Crippen molar-refractivity contribution >= 4 is 9.84 Å². The molecule has 2 unspecified atom stereocenters. The van der Waals surface area contributed by atoms with Gasteiger partial charge in [0.25, 0.3) is 0 Å². The van der Waals surface area contributed by atoms with E-state index in [9.17, 15) is 8.42 Å². The van der Waals surface area contributed by atoms with Gasteiger partial charge in [0.05, 0.1) is 4.90 Å². The zero-order chi connectivity index (χ0) is 14.6. The second-order valence-corrected chi connectivity index (χ2v) is 7.47. The van der Waals surface area contributed by atoms with E-state index in [-0.39, 0.29) is 0 Å². The van der Waals surface area contributed by atoms with Gasteiger partial charge in [-0.25, -0.2) is 8.42 Å². The summed E-state index contributed by atoms with van der Waals surface area (Å²) in [6.45, 7) is 9.63. The van der Waals surface area contributed by atoms with E-state index < -0.39 is 9.84 Å². The molecule has 0 radical (unpaired) electrons. The Morgan fingerprint density at radius 3 is 2.00 bits per heavy atom. The van der Waals surface area contributed by atoms with E-state index >= 15 is 0 Å². The lowest BCUT2D eigenvalue weighted by Crippen LogP contribution is -2.38. The minimum Gasteiger partial charge on any atom is -0.313 e. The SMILES string of the molecule is CCNC(C(C)C)C(C)c1ccc(S(C)(=O)=O)cc1. The third kappa shape index (κ3) is 4.32. The molecule has 0 aliphatic rings. The molecule has 0 aliphatic carbocycles. The highest BCUT2D eigenvalue weighted by molar-refractivity contribution is 7.90. The number of nitrogens with one attached hydrogen (secondary N) is 1. The molecule has 0 saturated carbocycles. The quantitative estimate of drug-likeness (QED) is 0.873. The second kappa shape index (κ2) is 6.53. The van der Waals surface area contributed by atoms with Crippen LogP contribution in [0.3, 0.4) is 0 Å². The molecule has 0 aliphatic heterocycles. The molecule has 0 spiro atoms. The molecule has 1 aromatic carbocycles. The molecule has 0 bridgehead atoms. The first-order valence-corrected chi connectivity index (χ1v) is 8.70. The van der Waals surface area contributed by atoms with Crippen LogP contribution < -0.4 is 5.32 Å². The summed E-state index contributed by atoms with van der Waals surface area (Å²) in [4.78, 5) is 0.382. The van der Waals surface area contributed by atoms with Crippen molar-refractivity contribution in [1.29, 1.82) is 0 Å². The zero-order valence-electron chi connectivity index (χ0n) is 12.5. The van der Waals surface area contributed by atoms with E-state index in [1.807, 2.05) is 12.1 Å². The average Bonchev–Trinajstić information content (AvgIpc) is 2.34. The van der Waals surface area contributed by atoms with Gasteiger partial charge in [0.15, 0.2) is 9.84 Å². The average molecular weight is 283 g/mol. The van der Waals surface area contributed by atoms with Crippen molar-refractivity contribution in [3.63, 3.8) is 0 Å². The van der Waals surface area contributed by atoms with E-state index in [1.165, 1.54) is 11.8 Å². The van der Waals surface area contributed by atoms with Crippen LogP contribution in [0.5, 0.6) is 0 Å². The highest BCUT2D eigenvalue weighted by atomic mass is 32.2. The van der Waals surface area contributed by atoms with Crippen LogP contribution in [0, 0.1) is 5.92 Å². The standard InChI is InChI=1S/C15H25NO2S/c1-6-16-15(11(2)3)12(4)13-7-9-14(10-8-13)19(5,17)18/h7-12,15-16H,6H2,1-5H3. The summed E-state index contributed by atoms with van der Waals surface area (Å²) >= 11 is 0. The second-order valence-electron chi connectivity index (χ2n) is 5.46. The van der Waals surface area contributed by atoms with Gasteiger partial charge in [0, 0.05) is 12.3 Å². The molecule has 1 N–H and O–H groups in total.